The topological polar surface area (TPSA) is 69.7 Å². The minimum Gasteiger partial charge on any atom is -0.497 e. The lowest BCUT2D eigenvalue weighted by Gasteiger charge is -2.41. The molecule has 248 valence electrons. The summed E-state index contributed by atoms with van der Waals surface area (Å²) < 4.78 is 31.2. The minimum absolute atomic E-state index is 0.0478. The molecule has 1 saturated heterocycles. The average molecular weight is 637 g/mol. The molecule has 43 heavy (non-hydrogen) atoms. The normalized spacial score (nSPS) is 23.3. The molecule has 0 saturated carbocycles. The van der Waals surface area contributed by atoms with Crippen LogP contribution in [-0.2, 0) is 24.9 Å². The zero-order valence-corrected chi connectivity index (χ0v) is 31.9. The fourth-order valence-corrected chi connectivity index (χ4v) is 7.17. The molecule has 1 N–H and O–H groups in total. The Kier molecular flexibility index (Phi) is 13.0. The van der Waals surface area contributed by atoms with Crippen molar-refractivity contribution in [2.24, 2.45) is 23.7 Å². The average Bonchev–Trinajstić information content (AvgIpc) is 3.60. The van der Waals surface area contributed by atoms with Crippen LogP contribution in [0, 0.1) is 23.7 Å². The maximum Gasteiger partial charge on any atom is 0.192 e. The molecule has 8 heteroatoms. The van der Waals surface area contributed by atoms with E-state index in [-0.39, 0.29) is 45.5 Å². The first-order valence-electron chi connectivity index (χ1n) is 16.1. The third-order valence-corrected chi connectivity index (χ3v) is 19.8. The van der Waals surface area contributed by atoms with E-state index in [0.717, 1.165) is 11.3 Å². The second-order valence-electron chi connectivity index (χ2n) is 16.0. The molecule has 7 atom stereocenters. The van der Waals surface area contributed by atoms with Crippen LogP contribution in [0.5, 0.6) is 5.75 Å². The summed E-state index contributed by atoms with van der Waals surface area (Å²) in [5.74, 6) is 0.768. The summed E-state index contributed by atoms with van der Waals surface area (Å²) >= 11 is 0. The Morgan fingerprint density at radius 3 is 1.91 bits per heavy atom. The van der Waals surface area contributed by atoms with Gasteiger partial charge in [-0.05, 0) is 66.8 Å². The van der Waals surface area contributed by atoms with Crippen molar-refractivity contribution in [3.8, 4) is 5.75 Å². The molecule has 0 aromatic heterocycles. The van der Waals surface area contributed by atoms with E-state index < -0.39 is 22.7 Å². The lowest BCUT2D eigenvalue weighted by molar-refractivity contribution is -0.0162. The van der Waals surface area contributed by atoms with E-state index in [0.29, 0.717) is 26.4 Å². The lowest BCUT2D eigenvalue weighted by atomic mass is 9.75. The van der Waals surface area contributed by atoms with Crippen LogP contribution in [0.25, 0.3) is 0 Å². The van der Waals surface area contributed by atoms with Crippen molar-refractivity contribution in [2.75, 3.05) is 26.9 Å². The highest BCUT2D eigenvalue weighted by Crippen LogP contribution is 2.51. The first-order chi connectivity index (χ1) is 19.6. The van der Waals surface area contributed by atoms with Crippen molar-refractivity contribution < 1.29 is 28.2 Å². The molecule has 2 rings (SSSR count). The summed E-state index contributed by atoms with van der Waals surface area (Å²) in [6, 6.07) is 7.97. The van der Waals surface area contributed by atoms with E-state index in [4.69, 9.17) is 23.1 Å². The highest BCUT2D eigenvalue weighted by molar-refractivity contribution is 6.74. The van der Waals surface area contributed by atoms with E-state index in [2.05, 4.69) is 95.1 Å². The molecular formula is C35H64O6Si2. The molecule has 0 bridgehead atoms. The maximum atomic E-state index is 12.0. The summed E-state index contributed by atoms with van der Waals surface area (Å²) in [7, 11) is -2.36. The van der Waals surface area contributed by atoms with Crippen molar-refractivity contribution >= 4 is 16.6 Å². The molecular weight excluding hydrogens is 573 g/mol. The van der Waals surface area contributed by atoms with Gasteiger partial charge < -0.3 is 28.2 Å². The van der Waals surface area contributed by atoms with Crippen molar-refractivity contribution in [3.63, 3.8) is 0 Å². The third-order valence-electron chi connectivity index (χ3n) is 10.8. The van der Waals surface area contributed by atoms with Crippen molar-refractivity contribution in [2.45, 2.75) is 123 Å². The predicted octanol–water partition coefficient (Wildman–Crippen LogP) is 8.46. The molecule has 1 fully saturated rings. The second kappa shape index (κ2) is 14.6. The number of aliphatic hydroxyl groups excluding tert-OH is 1. The van der Waals surface area contributed by atoms with Crippen LogP contribution >= 0.6 is 0 Å². The molecule has 0 spiro atoms. The number of rotatable bonds is 17. The van der Waals surface area contributed by atoms with Gasteiger partial charge in [0.05, 0.1) is 38.1 Å². The molecule has 1 aromatic rings. The minimum atomic E-state index is -2.04. The molecule has 1 aromatic carbocycles. The summed E-state index contributed by atoms with van der Waals surface area (Å²) in [6.07, 6.45) is 1.25. The SMILES string of the molecule is C=C[C@@H](CO[Si](C)(C)C(C)(C)C)[C@@H](O)[C@H](CO[Si](C)(C)C(C)(C)C)[C@H](C)C1(C)O[C@@H]1[C@@H](C)COCc1ccc(OC)cc1. The van der Waals surface area contributed by atoms with Gasteiger partial charge in [0.2, 0.25) is 0 Å². The number of methoxy groups -OCH3 is 1. The highest BCUT2D eigenvalue weighted by atomic mass is 28.4. The van der Waals surface area contributed by atoms with Gasteiger partial charge in [0.1, 0.15) is 5.75 Å². The van der Waals surface area contributed by atoms with E-state index in [1.54, 1.807) is 7.11 Å². The fourth-order valence-electron chi connectivity index (χ4n) is 5.09. The van der Waals surface area contributed by atoms with E-state index in [1.165, 1.54) is 0 Å². The number of hydrogen-bond acceptors (Lipinski definition) is 6. The molecule has 0 radical (unpaired) electrons. The van der Waals surface area contributed by atoms with Gasteiger partial charge in [-0.25, -0.2) is 0 Å². The van der Waals surface area contributed by atoms with Gasteiger partial charge in [0, 0.05) is 31.0 Å². The molecule has 0 aliphatic carbocycles. The summed E-state index contributed by atoms with van der Waals surface area (Å²) in [5.41, 5.74) is 0.735. The standard InChI is InChI=1S/C35H64O6Si2/c1-16-28(23-39-42(12,13)33(4,5)6)31(36)30(24-40-43(14,15)34(7,8)9)26(3)35(10)32(41-35)25(2)21-38-22-27-17-19-29(37-11)20-18-27/h16-20,25-26,28,30-32,36H,1,21-24H2,2-15H3/t25-,26-,28-,30+,31+,32+,35?/m0/s1. The maximum absolute atomic E-state index is 12.0. The Balaban J connectivity index is 2.16. The molecule has 1 unspecified atom stereocenters. The van der Waals surface area contributed by atoms with E-state index >= 15 is 0 Å². The predicted molar refractivity (Wildman–Crippen MR) is 184 cm³/mol. The quantitative estimate of drug-likeness (QED) is 0.105. The van der Waals surface area contributed by atoms with E-state index in [1.807, 2.05) is 30.3 Å². The van der Waals surface area contributed by atoms with E-state index in [9.17, 15) is 5.11 Å². The number of ether oxygens (including phenoxy) is 3. The first kappa shape index (κ1) is 38.2. The van der Waals surface area contributed by atoms with Gasteiger partial charge in [-0.1, -0.05) is 73.6 Å². The number of hydrogen-bond donors (Lipinski definition) is 1. The third kappa shape index (κ3) is 9.74. The van der Waals surface area contributed by atoms with Gasteiger partial charge in [0.25, 0.3) is 0 Å². The van der Waals surface area contributed by atoms with Crippen molar-refractivity contribution in [1.82, 2.24) is 0 Å². The smallest absolute Gasteiger partial charge is 0.192 e. The Morgan fingerprint density at radius 1 is 0.930 bits per heavy atom. The second-order valence-corrected chi connectivity index (χ2v) is 25.7. The Morgan fingerprint density at radius 2 is 1.44 bits per heavy atom. The van der Waals surface area contributed by atoms with Crippen LogP contribution in [0.3, 0.4) is 0 Å². The molecule has 0 amide bonds. The van der Waals surface area contributed by atoms with Crippen LogP contribution in [0.4, 0.5) is 0 Å². The fraction of sp³-hybridized carbons (Fsp3) is 0.771. The zero-order chi connectivity index (χ0) is 33.0. The van der Waals surface area contributed by atoms with Crippen LogP contribution in [0.2, 0.25) is 36.3 Å². The summed E-state index contributed by atoms with van der Waals surface area (Å²) in [6.45, 7) is 35.3. The Hall–Kier alpha value is -1.01. The zero-order valence-electron chi connectivity index (χ0n) is 29.9. The van der Waals surface area contributed by atoms with Crippen molar-refractivity contribution in [3.05, 3.63) is 42.5 Å². The van der Waals surface area contributed by atoms with Gasteiger partial charge in [-0.3, -0.25) is 0 Å². The molecule has 1 heterocycles. The largest absolute Gasteiger partial charge is 0.497 e. The number of epoxide rings is 1. The van der Waals surface area contributed by atoms with Gasteiger partial charge in [-0.15, -0.1) is 6.58 Å². The van der Waals surface area contributed by atoms with Crippen molar-refractivity contribution in [1.29, 1.82) is 0 Å². The van der Waals surface area contributed by atoms with Gasteiger partial charge in [-0.2, -0.15) is 0 Å². The van der Waals surface area contributed by atoms with Gasteiger partial charge in [0.15, 0.2) is 16.6 Å². The molecule has 1 aliphatic heterocycles. The van der Waals surface area contributed by atoms with Gasteiger partial charge >= 0.3 is 0 Å². The Bertz CT molecular complexity index is 1010. The van der Waals surface area contributed by atoms with Crippen LogP contribution in [0.1, 0.15) is 67.9 Å². The first-order valence-corrected chi connectivity index (χ1v) is 21.9. The Labute approximate surface area is 266 Å². The monoisotopic (exact) mass is 636 g/mol. The number of aliphatic hydroxyl groups is 1. The van der Waals surface area contributed by atoms with Crippen LogP contribution in [0.15, 0.2) is 36.9 Å². The highest BCUT2D eigenvalue weighted by Gasteiger charge is 2.60. The van der Waals surface area contributed by atoms with Crippen LogP contribution < -0.4 is 4.74 Å². The molecule has 1 aliphatic rings. The van der Waals surface area contributed by atoms with Crippen LogP contribution in [-0.4, -0.2) is 66.5 Å². The number of benzene rings is 1. The lowest BCUT2D eigenvalue weighted by Crippen LogP contribution is -2.48. The summed E-state index contributed by atoms with van der Waals surface area (Å²) in [5, 5.41) is 12.1. The molecule has 6 nitrogen and oxygen atoms in total. The summed E-state index contributed by atoms with van der Waals surface area (Å²) in [4.78, 5) is 0.